The first kappa shape index (κ1) is 49.5. The first-order valence-corrected chi connectivity index (χ1v) is 22.7. The van der Waals surface area contributed by atoms with Crippen LogP contribution in [0.1, 0.15) is 74.0 Å². The number of carbonyl (C=O) groups is 4. The Balaban J connectivity index is 0.000000188. The average Bonchev–Trinajstić information content (AvgIpc) is 4.29. The Kier molecular flexibility index (Phi) is 14.9. The quantitative estimate of drug-likeness (QED) is 0.101. The molecule has 0 saturated heterocycles. The number of aromatic nitrogens is 6. The van der Waals surface area contributed by atoms with Gasteiger partial charge in [0.15, 0.2) is 0 Å². The molecule has 8 aromatic rings. The number of hydrogen-bond acceptors (Lipinski definition) is 11. The van der Waals surface area contributed by atoms with Crippen molar-refractivity contribution < 1.29 is 68.4 Å². The number of carbonyl (C=O) groups excluding carboxylic acids is 3. The number of nitrogens with one attached hydrogen (secondary N) is 2. The molecule has 6 aromatic carbocycles. The van der Waals surface area contributed by atoms with E-state index in [9.17, 15) is 29.4 Å². The van der Waals surface area contributed by atoms with E-state index in [1.54, 1.807) is 23.0 Å². The van der Waals surface area contributed by atoms with Crippen molar-refractivity contribution in [1.29, 1.82) is 0 Å². The molecule has 2 aromatic heterocycles. The normalized spacial score (nSPS) is 14.5. The molecular formula is C54H47N8NaO8. The molecule has 2 fully saturated rings. The van der Waals surface area contributed by atoms with Gasteiger partial charge in [0.05, 0.1) is 22.8 Å². The molecule has 2 saturated carbocycles. The van der Waals surface area contributed by atoms with Gasteiger partial charge in [0.25, 0.3) is 0 Å². The average molecular weight is 959 g/mol. The molecular weight excluding hydrogens is 912 g/mol. The third-order valence-electron chi connectivity index (χ3n) is 12.8. The molecule has 2 heterocycles. The fraction of sp³-hybridized carbons (Fsp3) is 0.185. The number of rotatable bonds is 14. The maximum Gasteiger partial charge on any atom is 1.00 e. The van der Waals surface area contributed by atoms with Crippen LogP contribution in [-0.4, -0.2) is 58.8 Å². The summed E-state index contributed by atoms with van der Waals surface area (Å²) in [4.78, 5) is 47.8. The van der Waals surface area contributed by atoms with Gasteiger partial charge in [-0.3, -0.25) is 24.6 Å². The number of ether oxygens (including phenoxy) is 2. The molecule has 2 amide bonds. The Bertz CT molecular complexity index is 2910. The molecule has 3 N–H and O–H groups in total. The van der Waals surface area contributed by atoms with Crippen LogP contribution in [0, 0.1) is 0 Å². The zero-order valence-corrected chi connectivity index (χ0v) is 41.1. The Morgan fingerprint density at radius 3 is 1.20 bits per heavy atom. The van der Waals surface area contributed by atoms with Crippen molar-refractivity contribution >= 4 is 36.0 Å². The monoisotopic (exact) mass is 958 g/mol. The third-order valence-corrected chi connectivity index (χ3v) is 12.8. The predicted molar refractivity (Wildman–Crippen MR) is 258 cm³/mol. The van der Waals surface area contributed by atoms with Crippen molar-refractivity contribution in [2.24, 2.45) is 0 Å². The van der Waals surface area contributed by atoms with E-state index in [1.165, 1.54) is 12.7 Å². The van der Waals surface area contributed by atoms with Gasteiger partial charge in [-0.25, -0.2) is 9.59 Å². The van der Waals surface area contributed by atoms with E-state index >= 15 is 0 Å². The number of hydrogen-bond donors (Lipinski definition) is 3. The number of carboxylic acid groups (broad SMARTS) is 2. The van der Waals surface area contributed by atoms with Crippen molar-refractivity contribution in [1.82, 2.24) is 29.5 Å². The van der Waals surface area contributed by atoms with Gasteiger partial charge < -0.3 is 24.5 Å². The molecule has 71 heavy (non-hydrogen) atoms. The molecule has 2 aliphatic rings. The van der Waals surface area contributed by atoms with E-state index < -0.39 is 47.2 Å². The maximum atomic E-state index is 12.4. The Morgan fingerprint density at radius 2 is 0.873 bits per heavy atom. The summed E-state index contributed by atoms with van der Waals surface area (Å²) in [6.07, 6.45) is 3.56. The Labute approximate surface area is 431 Å². The molecule has 352 valence electrons. The number of aliphatic carboxylic acids is 2. The second-order valence-corrected chi connectivity index (χ2v) is 17.2. The van der Waals surface area contributed by atoms with Gasteiger partial charge in [-0.2, -0.15) is 0 Å². The molecule has 0 bridgehead atoms. The molecule has 0 radical (unpaired) electrons. The summed E-state index contributed by atoms with van der Waals surface area (Å²) in [6, 6.07) is 49.5. The van der Waals surface area contributed by atoms with Crippen molar-refractivity contribution in [3.63, 3.8) is 0 Å². The van der Waals surface area contributed by atoms with Crippen LogP contribution in [0.4, 0.5) is 21.5 Å². The summed E-state index contributed by atoms with van der Waals surface area (Å²) in [5.41, 5.74) is 7.32. The van der Waals surface area contributed by atoms with Crippen LogP contribution in [0.3, 0.4) is 0 Å². The summed E-state index contributed by atoms with van der Waals surface area (Å²) >= 11 is 0. The Morgan fingerprint density at radius 1 is 0.535 bits per heavy atom. The summed E-state index contributed by atoms with van der Waals surface area (Å²) in [5, 5.41) is 42.1. The van der Waals surface area contributed by atoms with Gasteiger partial charge in [0, 0.05) is 5.41 Å². The van der Waals surface area contributed by atoms with Crippen molar-refractivity contribution in [3.8, 4) is 33.6 Å². The van der Waals surface area contributed by atoms with E-state index in [4.69, 9.17) is 9.47 Å². The molecule has 17 heteroatoms. The predicted octanol–water partition coefficient (Wildman–Crippen LogP) is 6.39. The van der Waals surface area contributed by atoms with Crippen LogP contribution in [-0.2, 0) is 29.9 Å². The smallest absolute Gasteiger partial charge is 0.549 e. The van der Waals surface area contributed by atoms with Crippen LogP contribution < -0.4 is 45.3 Å². The van der Waals surface area contributed by atoms with Gasteiger partial charge >= 0.3 is 47.7 Å². The third kappa shape index (κ3) is 11.1. The van der Waals surface area contributed by atoms with Gasteiger partial charge in [0.2, 0.25) is 11.9 Å². The zero-order chi connectivity index (χ0) is 48.8. The van der Waals surface area contributed by atoms with Crippen LogP contribution in [0.5, 0.6) is 0 Å². The van der Waals surface area contributed by atoms with E-state index in [1.807, 2.05) is 158 Å². The van der Waals surface area contributed by atoms with Gasteiger partial charge in [-0.15, -0.1) is 20.4 Å². The Hall–Kier alpha value is -7.92. The summed E-state index contributed by atoms with van der Waals surface area (Å²) in [5.74, 6) is -1.28. The molecule has 2 atom stereocenters. The van der Waals surface area contributed by atoms with Crippen molar-refractivity contribution in [3.05, 3.63) is 193 Å². The van der Waals surface area contributed by atoms with E-state index in [2.05, 4.69) is 31.0 Å². The van der Waals surface area contributed by atoms with Gasteiger partial charge in [-0.05, 0) is 108 Å². The van der Waals surface area contributed by atoms with Crippen molar-refractivity contribution in [2.45, 2.75) is 62.6 Å². The fourth-order valence-electron chi connectivity index (χ4n) is 8.24. The molecule has 0 aliphatic heterocycles. The van der Waals surface area contributed by atoms with E-state index in [-0.39, 0.29) is 41.5 Å². The minimum atomic E-state index is -1.01. The van der Waals surface area contributed by atoms with Crippen LogP contribution in [0.25, 0.3) is 33.6 Å². The fourth-order valence-corrected chi connectivity index (χ4v) is 8.24. The molecule has 0 spiro atoms. The maximum absolute atomic E-state index is 12.4. The topological polar surface area (TPSA) is 216 Å². The summed E-state index contributed by atoms with van der Waals surface area (Å²) < 4.78 is 14.2. The first-order chi connectivity index (χ1) is 33.9. The summed E-state index contributed by atoms with van der Waals surface area (Å²) in [7, 11) is 0. The van der Waals surface area contributed by atoms with E-state index in [0.29, 0.717) is 25.7 Å². The van der Waals surface area contributed by atoms with Crippen molar-refractivity contribution in [2.75, 3.05) is 10.6 Å². The summed E-state index contributed by atoms with van der Waals surface area (Å²) in [6.45, 7) is 3.60. The second-order valence-electron chi connectivity index (χ2n) is 17.2. The molecule has 16 nitrogen and oxygen atoms in total. The minimum Gasteiger partial charge on any atom is -0.549 e. The first-order valence-electron chi connectivity index (χ1n) is 22.7. The zero-order valence-electron chi connectivity index (χ0n) is 39.1. The van der Waals surface area contributed by atoms with Gasteiger partial charge in [0.1, 0.15) is 24.9 Å². The number of anilines is 2. The number of carboxylic acids is 2. The molecule has 10 rings (SSSR count). The second kappa shape index (κ2) is 21.4. The van der Waals surface area contributed by atoms with Crippen LogP contribution in [0.2, 0.25) is 0 Å². The molecule has 0 unspecified atom stereocenters. The van der Waals surface area contributed by atoms with Crippen LogP contribution >= 0.6 is 0 Å². The minimum absolute atomic E-state index is 0. The molecule has 2 aliphatic carbocycles. The van der Waals surface area contributed by atoms with E-state index in [0.717, 1.165) is 55.9 Å². The van der Waals surface area contributed by atoms with Gasteiger partial charge in [-0.1, -0.05) is 133 Å². The largest absolute Gasteiger partial charge is 1.00 e. The standard InChI is InChI=1S/2C27H24N4O4.Na/c2*1-18(19-5-3-2-4-6-19)35-26(34)29-25-30-28-17-31(25)23-13-9-21(10-14-23)20-7-11-22(12-8-20)27(15-16-27)24(32)33;/h2*2-14,17-18H,15-16H2,1H3,(H,32,33)(H,29,30,34);/q;;+1/p-1/t2*18-;/m11./s1. The number of benzene rings is 6. The number of nitrogens with zero attached hydrogens (tertiary/aromatic N) is 6. The SMILES string of the molecule is C[C@@H](OC(=O)Nc1nncn1-c1ccc(-c2ccc(C3(C(=O)O)CC3)cc2)cc1)c1ccccc1.C[C@@H](OC(=O)Nc1nncn1-c1ccc(-c2ccc(C3(C(=O)[O-])CC3)cc2)cc1)c1ccccc1.[Na+]. The van der Waals surface area contributed by atoms with Crippen LogP contribution in [0.15, 0.2) is 170 Å². The number of amides is 2.